The molecule has 1 N–H and O–H groups in total. The summed E-state index contributed by atoms with van der Waals surface area (Å²) in [6.07, 6.45) is 2.97. The maximum Gasteiger partial charge on any atom is 0.253 e. The van der Waals surface area contributed by atoms with Crippen molar-refractivity contribution in [1.29, 1.82) is 0 Å². The lowest BCUT2D eigenvalue weighted by molar-refractivity contribution is -0.124. The highest BCUT2D eigenvalue weighted by atomic mass is 32.2. The molecular weight excluding hydrogens is 340 g/mol. The molecule has 0 aliphatic carbocycles. The lowest BCUT2D eigenvalue weighted by Gasteiger charge is -2.33. The van der Waals surface area contributed by atoms with Gasteiger partial charge in [0.25, 0.3) is 5.91 Å². The second-order valence-electron chi connectivity index (χ2n) is 6.96. The van der Waals surface area contributed by atoms with Crippen LogP contribution in [0.5, 0.6) is 0 Å². The molecule has 0 spiro atoms. The van der Waals surface area contributed by atoms with Crippen LogP contribution in [0.15, 0.2) is 29.2 Å². The van der Waals surface area contributed by atoms with Crippen molar-refractivity contribution in [3.8, 4) is 0 Å². The SMILES string of the molecule is CC(C)C(=O)NC[C@@H]1CCCN(C(=O)c2cccc(S(C)(=O)=O)c2)C1. The highest BCUT2D eigenvalue weighted by Gasteiger charge is 2.25. The van der Waals surface area contributed by atoms with Crippen LogP contribution in [-0.2, 0) is 14.6 Å². The third-order valence-electron chi connectivity index (χ3n) is 4.40. The van der Waals surface area contributed by atoms with Gasteiger partial charge in [0.15, 0.2) is 9.84 Å². The van der Waals surface area contributed by atoms with Gasteiger partial charge in [-0.3, -0.25) is 9.59 Å². The number of rotatable bonds is 5. The molecular formula is C18H26N2O4S. The molecule has 6 nitrogen and oxygen atoms in total. The molecule has 0 aromatic heterocycles. The largest absolute Gasteiger partial charge is 0.356 e. The Kier molecular flexibility index (Phi) is 6.21. The number of hydrogen-bond acceptors (Lipinski definition) is 4. The fraction of sp³-hybridized carbons (Fsp3) is 0.556. The van der Waals surface area contributed by atoms with Crippen LogP contribution < -0.4 is 5.32 Å². The minimum Gasteiger partial charge on any atom is -0.356 e. The van der Waals surface area contributed by atoms with E-state index in [0.29, 0.717) is 25.2 Å². The van der Waals surface area contributed by atoms with E-state index in [9.17, 15) is 18.0 Å². The Morgan fingerprint density at radius 3 is 2.68 bits per heavy atom. The van der Waals surface area contributed by atoms with Gasteiger partial charge in [0.2, 0.25) is 5.91 Å². The normalized spacial score (nSPS) is 18.2. The molecule has 0 unspecified atom stereocenters. The number of nitrogens with zero attached hydrogens (tertiary/aromatic N) is 1. The van der Waals surface area contributed by atoms with E-state index in [-0.39, 0.29) is 28.5 Å². The van der Waals surface area contributed by atoms with Crippen molar-refractivity contribution in [3.05, 3.63) is 29.8 Å². The molecule has 1 aliphatic rings. The van der Waals surface area contributed by atoms with Crippen molar-refractivity contribution < 1.29 is 18.0 Å². The van der Waals surface area contributed by atoms with Crippen molar-refractivity contribution in [3.63, 3.8) is 0 Å². The second kappa shape index (κ2) is 7.99. The van der Waals surface area contributed by atoms with E-state index in [2.05, 4.69) is 5.32 Å². The summed E-state index contributed by atoms with van der Waals surface area (Å²) in [5.41, 5.74) is 0.384. The highest BCUT2D eigenvalue weighted by molar-refractivity contribution is 7.90. The van der Waals surface area contributed by atoms with Gasteiger partial charge in [-0.25, -0.2) is 8.42 Å². The Morgan fingerprint density at radius 1 is 1.32 bits per heavy atom. The van der Waals surface area contributed by atoms with E-state index in [4.69, 9.17) is 0 Å². The number of likely N-dealkylation sites (tertiary alicyclic amines) is 1. The van der Waals surface area contributed by atoms with Gasteiger partial charge in [0.1, 0.15) is 0 Å². The Balaban J connectivity index is 2.03. The zero-order valence-corrected chi connectivity index (χ0v) is 15.8. The molecule has 1 atom stereocenters. The number of carbonyl (C=O) groups is 2. The number of nitrogens with one attached hydrogen (secondary N) is 1. The van der Waals surface area contributed by atoms with Gasteiger partial charge in [-0.1, -0.05) is 19.9 Å². The van der Waals surface area contributed by atoms with Gasteiger partial charge in [-0.2, -0.15) is 0 Å². The quantitative estimate of drug-likeness (QED) is 0.860. The van der Waals surface area contributed by atoms with Gasteiger partial charge < -0.3 is 10.2 Å². The van der Waals surface area contributed by atoms with Gasteiger partial charge in [-0.15, -0.1) is 0 Å². The minimum atomic E-state index is -3.34. The van der Waals surface area contributed by atoms with Crippen LogP contribution in [0.25, 0.3) is 0 Å². The fourth-order valence-corrected chi connectivity index (χ4v) is 3.57. The molecule has 2 amide bonds. The smallest absolute Gasteiger partial charge is 0.253 e. The lowest BCUT2D eigenvalue weighted by atomic mass is 9.97. The van der Waals surface area contributed by atoms with E-state index in [1.807, 2.05) is 13.8 Å². The van der Waals surface area contributed by atoms with Crippen LogP contribution in [0.4, 0.5) is 0 Å². The molecule has 138 valence electrons. The van der Waals surface area contributed by atoms with Crippen molar-refractivity contribution in [2.45, 2.75) is 31.6 Å². The van der Waals surface area contributed by atoms with Crippen LogP contribution >= 0.6 is 0 Å². The summed E-state index contributed by atoms with van der Waals surface area (Å²) >= 11 is 0. The summed E-state index contributed by atoms with van der Waals surface area (Å²) in [5.74, 6) is 0.0215. The first-order chi connectivity index (χ1) is 11.7. The molecule has 1 heterocycles. The first-order valence-corrected chi connectivity index (χ1v) is 10.4. The molecule has 0 radical (unpaired) electrons. The molecule has 7 heteroatoms. The van der Waals surface area contributed by atoms with E-state index in [1.54, 1.807) is 17.0 Å². The summed E-state index contributed by atoms with van der Waals surface area (Å²) in [5, 5.41) is 2.92. The molecule has 25 heavy (non-hydrogen) atoms. The second-order valence-corrected chi connectivity index (χ2v) is 8.98. The molecule has 1 aromatic rings. The Labute approximate surface area is 149 Å². The van der Waals surface area contributed by atoms with Gasteiger partial charge in [-0.05, 0) is 37.0 Å². The number of carbonyl (C=O) groups excluding carboxylic acids is 2. The predicted octanol–water partition coefficient (Wildman–Crippen LogP) is 1.71. The van der Waals surface area contributed by atoms with Crippen molar-refractivity contribution in [2.75, 3.05) is 25.9 Å². The van der Waals surface area contributed by atoms with Gasteiger partial charge >= 0.3 is 0 Å². The van der Waals surface area contributed by atoms with Crippen LogP contribution in [-0.4, -0.2) is 51.0 Å². The number of amides is 2. The van der Waals surface area contributed by atoms with Crippen molar-refractivity contribution in [2.24, 2.45) is 11.8 Å². The predicted molar refractivity (Wildman–Crippen MR) is 96.0 cm³/mol. The average Bonchev–Trinajstić information content (AvgIpc) is 2.58. The number of sulfone groups is 1. The number of hydrogen-bond donors (Lipinski definition) is 1. The molecule has 0 bridgehead atoms. The molecule has 2 rings (SSSR count). The zero-order chi connectivity index (χ0) is 18.6. The maximum atomic E-state index is 12.7. The molecule has 1 aliphatic heterocycles. The van der Waals surface area contributed by atoms with E-state index in [1.165, 1.54) is 12.1 Å². The van der Waals surface area contributed by atoms with E-state index in [0.717, 1.165) is 19.1 Å². The van der Waals surface area contributed by atoms with Crippen LogP contribution in [0.2, 0.25) is 0 Å². The minimum absolute atomic E-state index is 0.0179. The first kappa shape index (κ1) is 19.4. The summed E-state index contributed by atoms with van der Waals surface area (Å²) < 4.78 is 23.3. The van der Waals surface area contributed by atoms with Gasteiger partial charge in [0, 0.05) is 37.4 Å². The molecule has 1 aromatic carbocycles. The first-order valence-electron chi connectivity index (χ1n) is 8.55. The summed E-state index contributed by atoms with van der Waals surface area (Å²) in [6, 6.07) is 6.16. The number of benzene rings is 1. The summed E-state index contributed by atoms with van der Waals surface area (Å²) in [7, 11) is -3.34. The van der Waals surface area contributed by atoms with Crippen LogP contribution in [0, 0.1) is 11.8 Å². The zero-order valence-electron chi connectivity index (χ0n) is 15.0. The maximum absolute atomic E-state index is 12.7. The Morgan fingerprint density at radius 2 is 2.04 bits per heavy atom. The summed E-state index contributed by atoms with van der Waals surface area (Å²) in [4.78, 5) is 26.3. The van der Waals surface area contributed by atoms with Crippen molar-refractivity contribution >= 4 is 21.7 Å². The number of piperidine rings is 1. The monoisotopic (exact) mass is 366 g/mol. The Bertz CT molecular complexity index is 743. The molecule has 1 fully saturated rings. The highest BCUT2D eigenvalue weighted by Crippen LogP contribution is 2.20. The third kappa shape index (κ3) is 5.29. The van der Waals surface area contributed by atoms with Crippen LogP contribution in [0.1, 0.15) is 37.0 Å². The van der Waals surface area contributed by atoms with E-state index < -0.39 is 9.84 Å². The average molecular weight is 366 g/mol. The molecule has 0 saturated carbocycles. The summed E-state index contributed by atoms with van der Waals surface area (Å²) in [6.45, 7) is 5.47. The lowest BCUT2D eigenvalue weighted by Crippen LogP contribution is -2.44. The fourth-order valence-electron chi connectivity index (χ4n) is 2.91. The van der Waals surface area contributed by atoms with E-state index >= 15 is 0 Å². The topological polar surface area (TPSA) is 83.6 Å². The van der Waals surface area contributed by atoms with Crippen LogP contribution in [0.3, 0.4) is 0 Å². The Hall–Kier alpha value is -1.89. The third-order valence-corrected chi connectivity index (χ3v) is 5.51. The van der Waals surface area contributed by atoms with Gasteiger partial charge in [0.05, 0.1) is 4.90 Å². The van der Waals surface area contributed by atoms with Crippen molar-refractivity contribution in [1.82, 2.24) is 10.2 Å². The molecule has 1 saturated heterocycles. The standard InChI is InChI=1S/C18H26N2O4S/c1-13(2)17(21)19-11-14-6-5-9-20(12-14)18(22)15-7-4-8-16(10-15)25(3,23)24/h4,7-8,10,13-14H,5-6,9,11-12H2,1-3H3,(H,19,21)/t14-/m0/s1.